The molecule has 0 aromatic carbocycles. The van der Waals surface area contributed by atoms with Crippen LogP contribution in [-0.4, -0.2) is 69.4 Å². The first-order valence-corrected chi connectivity index (χ1v) is 4.71. The molecule has 0 aliphatic carbocycles. The smallest absolute Gasteiger partial charge is 0.194 e. The third-order valence-electron chi connectivity index (χ3n) is 2.11. The van der Waals surface area contributed by atoms with E-state index in [1.54, 1.807) is 0 Å². The molecule has 0 aliphatic heterocycles. The van der Waals surface area contributed by atoms with E-state index in [0.717, 1.165) is 6.54 Å². The summed E-state index contributed by atoms with van der Waals surface area (Å²) < 4.78 is 5.50. The number of rotatable bonds is 5. The fourth-order valence-corrected chi connectivity index (χ4v) is 1.84. The number of hydrogen-bond donors (Lipinski definition) is 0. The summed E-state index contributed by atoms with van der Waals surface area (Å²) in [6.45, 7) is 0.816. The van der Waals surface area contributed by atoms with Gasteiger partial charge in [-0.2, -0.15) is 0 Å². The molecule has 13 heavy (non-hydrogen) atoms. The minimum Gasteiger partial charge on any atom is -0.329 e. The van der Waals surface area contributed by atoms with Crippen LogP contribution < -0.4 is 0 Å². The zero-order valence-corrected chi connectivity index (χ0v) is 10.7. The summed E-state index contributed by atoms with van der Waals surface area (Å²) in [5.41, 5.74) is 0. The second kappa shape index (κ2) is 5.23. The summed E-state index contributed by atoms with van der Waals surface area (Å²) in [7, 11) is 14.4. The molecule has 5 heteroatoms. The van der Waals surface area contributed by atoms with Crippen LogP contribution in [0.15, 0.2) is 0 Å². The lowest BCUT2D eigenvalue weighted by Gasteiger charge is -2.44. The Morgan fingerprint density at radius 3 is 1.46 bits per heavy atom. The molecular weight excluding hydrogens is 185 g/mol. The molecule has 0 fully saturated rings. The fraction of sp³-hybridized carbons (Fsp3) is 1.00. The highest BCUT2D eigenvalue weighted by atomic mass is 31.0. The molecule has 0 aromatic heterocycles. The van der Waals surface area contributed by atoms with E-state index in [9.17, 15) is 0 Å². The fourth-order valence-electron chi connectivity index (χ4n) is 1.34. The maximum Gasteiger partial charge on any atom is 0.194 e. The zero-order valence-electron chi connectivity index (χ0n) is 9.53. The summed E-state index contributed by atoms with van der Waals surface area (Å²) in [5, 5.41) is 0. The van der Waals surface area contributed by atoms with Gasteiger partial charge in [0.1, 0.15) is 0 Å². The average molecular weight is 207 g/mol. The van der Waals surface area contributed by atoms with Crippen molar-refractivity contribution >= 4 is 9.47 Å². The van der Waals surface area contributed by atoms with Crippen molar-refractivity contribution in [3.8, 4) is 0 Å². The highest BCUT2D eigenvalue weighted by molar-refractivity contribution is 7.09. The van der Waals surface area contributed by atoms with Gasteiger partial charge in [-0.1, -0.05) is 0 Å². The van der Waals surface area contributed by atoms with E-state index in [1.807, 2.05) is 42.3 Å². The SMILES string of the molecule is CN(C)CC(OP)(N(C)C)N(C)C. The van der Waals surface area contributed by atoms with Crippen molar-refractivity contribution in [3.63, 3.8) is 0 Å². The number of likely N-dealkylation sites (N-methyl/N-ethyl adjacent to an activating group) is 3. The molecule has 1 unspecified atom stereocenters. The van der Waals surface area contributed by atoms with Gasteiger partial charge in [-0.25, -0.2) is 0 Å². The van der Waals surface area contributed by atoms with Gasteiger partial charge < -0.3 is 9.42 Å². The summed E-state index contributed by atoms with van der Waals surface area (Å²) in [6.07, 6.45) is 0. The number of hydrogen-bond acceptors (Lipinski definition) is 4. The van der Waals surface area contributed by atoms with Crippen LogP contribution in [0.3, 0.4) is 0 Å². The zero-order chi connectivity index (χ0) is 10.6. The van der Waals surface area contributed by atoms with Crippen LogP contribution >= 0.6 is 9.47 Å². The van der Waals surface area contributed by atoms with Crippen LogP contribution in [0.4, 0.5) is 0 Å². The monoisotopic (exact) mass is 207 g/mol. The second-order valence-electron chi connectivity index (χ2n) is 3.89. The van der Waals surface area contributed by atoms with Gasteiger partial charge in [0.2, 0.25) is 0 Å². The Hall–Kier alpha value is 0.270. The van der Waals surface area contributed by atoms with Crippen LogP contribution in [-0.2, 0) is 4.52 Å². The molecule has 0 saturated carbocycles. The van der Waals surface area contributed by atoms with Gasteiger partial charge in [-0.3, -0.25) is 9.80 Å². The molecule has 0 rings (SSSR count). The Bertz CT molecular complexity index is 142. The van der Waals surface area contributed by atoms with Crippen molar-refractivity contribution in [1.82, 2.24) is 14.7 Å². The van der Waals surface area contributed by atoms with Crippen molar-refractivity contribution < 1.29 is 4.52 Å². The van der Waals surface area contributed by atoms with Crippen LogP contribution in [0, 0.1) is 0 Å². The Balaban J connectivity index is 4.65. The minimum absolute atomic E-state index is 0.381. The van der Waals surface area contributed by atoms with Gasteiger partial charge in [0, 0.05) is 9.47 Å². The largest absolute Gasteiger partial charge is 0.329 e. The lowest BCUT2D eigenvalue weighted by Crippen LogP contribution is -2.61. The van der Waals surface area contributed by atoms with Crippen LogP contribution in [0.2, 0.25) is 0 Å². The molecule has 0 heterocycles. The van der Waals surface area contributed by atoms with Crippen molar-refractivity contribution in [3.05, 3.63) is 0 Å². The van der Waals surface area contributed by atoms with E-state index < -0.39 is 0 Å². The Morgan fingerprint density at radius 2 is 1.38 bits per heavy atom. The molecule has 0 N–H and O–H groups in total. The van der Waals surface area contributed by atoms with Crippen molar-refractivity contribution in [2.75, 3.05) is 48.8 Å². The maximum atomic E-state index is 5.50. The van der Waals surface area contributed by atoms with Crippen molar-refractivity contribution in [1.29, 1.82) is 0 Å². The Morgan fingerprint density at radius 1 is 1.00 bits per heavy atom. The Kier molecular flexibility index (Phi) is 5.33. The maximum absolute atomic E-state index is 5.50. The van der Waals surface area contributed by atoms with E-state index in [2.05, 4.69) is 24.2 Å². The van der Waals surface area contributed by atoms with E-state index in [-0.39, 0.29) is 5.85 Å². The molecule has 0 spiro atoms. The molecule has 0 aromatic rings. The number of nitrogens with zero attached hydrogens (tertiary/aromatic N) is 3. The highest BCUT2D eigenvalue weighted by Gasteiger charge is 2.35. The third-order valence-corrected chi connectivity index (χ3v) is 2.49. The first kappa shape index (κ1) is 13.3. The van der Waals surface area contributed by atoms with Gasteiger partial charge in [0.15, 0.2) is 5.85 Å². The molecule has 0 bridgehead atoms. The van der Waals surface area contributed by atoms with Crippen LogP contribution in [0.25, 0.3) is 0 Å². The Labute approximate surface area is 84.1 Å². The topological polar surface area (TPSA) is 19.0 Å². The standard InChI is InChI=1S/C8H22N3OP/c1-9(2)7-8(12-13,10(3)4)11(5)6/h7,13H2,1-6H3. The molecule has 80 valence electrons. The molecule has 0 saturated heterocycles. The van der Waals surface area contributed by atoms with Gasteiger partial charge in [0.25, 0.3) is 0 Å². The minimum atomic E-state index is -0.381. The average Bonchev–Trinajstić information content (AvgIpc) is 1.98. The lowest BCUT2D eigenvalue weighted by molar-refractivity contribution is -0.160. The van der Waals surface area contributed by atoms with Crippen LogP contribution in [0.1, 0.15) is 0 Å². The molecule has 0 aliphatic rings. The summed E-state index contributed by atoms with van der Waals surface area (Å²) in [5.74, 6) is -0.381. The van der Waals surface area contributed by atoms with Gasteiger partial charge in [-0.05, 0) is 42.3 Å². The molecule has 1 atom stereocenters. The van der Waals surface area contributed by atoms with Gasteiger partial charge >= 0.3 is 0 Å². The van der Waals surface area contributed by atoms with Crippen molar-refractivity contribution in [2.24, 2.45) is 0 Å². The van der Waals surface area contributed by atoms with Gasteiger partial charge in [-0.15, -0.1) is 0 Å². The highest BCUT2D eigenvalue weighted by Crippen LogP contribution is 2.20. The predicted molar refractivity (Wildman–Crippen MR) is 59.5 cm³/mol. The molecule has 4 nitrogen and oxygen atoms in total. The van der Waals surface area contributed by atoms with Gasteiger partial charge in [0.05, 0.1) is 6.54 Å². The van der Waals surface area contributed by atoms with E-state index in [4.69, 9.17) is 4.52 Å². The molecular formula is C8H22N3OP. The van der Waals surface area contributed by atoms with E-state index in [0.29, 0.717) is 0 Å². The first-order chi connectivity index (χ1) is 5.86. The summed E-state index contributed by atoms with van der Waals surface area (Å²) >= 11 is 0. The second-order valence-corrected chi connectivity index (χ2v) is 4.12. The van der Waals surface area contributed by atoms with Crippen LogP contribution in [0.5, 0.6) is 0 Å². The normalized spacial score (nSPS) is 13.4. The van der Waals surface area contributed by atoms with E-state index in [1.165, 1.54) is 0 Å². The quantitative estimate of drug-likeness (QED) is 0.471. The lowest BCUT2D eigenvalue weighted by atomic mass is 10.3. The predicted octanol–water partition coefficient (Wildman–Crippen LogP) is 0.132. The molecule has 0 amide bonds. The van der Waals surface area contributed by atoms with E-state index >= 15 is 0 Å². The van der Waals surface area contributed by atoms with Crippen molar-refractivity contribution in [2.45, 2.75) is 5.85 Å². The summed E-state index contributed by atoms with van der Waals surface area (Å²) in [4.78, 5) is 6.21. The summed E-state index contributed by atoms with van der Waals surface area (Å²) in [6, 6.07) is 0. The third kappa shape index (κ3) is 3.15. The molecule has 0 radical (unpaired) electrons. The first-order valence-electron chi connectivity index (χ1n) is 4.24.